The average molecular weight is 293 g/mol. The topological polar surface area (TPSA) is 63.9 Å². The van der Waals surface area contributed by atoms with E-state index in [1.165, 1.54) is 0 Å². The molecule has 0 unspecified atom stereocenters. The predicted octanol–water partition coefficient (Wildman–Crippen LogP) is 3.64. The summed E-state index contributed by atoms with van der Waals surface area (Å²) in [6, 6.07) is 3.80. The van der Waals surface area contributed by atoms with E-state index in [9.17, 15) is 0 Å². The van der Waals surface area contributed by atoms with Crippen LogP contribution in [0, 0.1) is 6.92 Å². The number of pyridine rings is 1. The molecule has 1 aliphatic heterocycles. The quantitative estimate of drug-likeness (QED) is 0.848. The second kappa shape index (κ2) is 7.93. The lowest BCUT2D eigenvalue weighted by Gasteiger charge is -2.06. The monoisotopic (exact) mass is 293 g/mol. The van der Waals surface area contributed by atoms with Gasteiger partial charge < -0.3 is 0 Å². The van der Waals surface area contributed by atoms with Crippen LogP contribution in [-0.2, 0) is 0 Å². The number of aromatic nitrogens is 4. The van der Waals surface area contributed by atoms with Gasteiger partial charge in [0.2, 0.25) is 0 Å². The lowest BCUT2D eigenvalue weighted by Crippen LogP contribution is -2.02. The summed E-state index contributed by atoms with van der Waals surface area (Å²) in [6.07, 6.45) is 11.7. The van der Waals surface area contributed by atoms with Gasteiger partial charge in [0.1, 0.15) is 5.82 Å². The van der Waals surface area contributed by atoms with E-state index in [-0.39, 0.29) is 0 Å². The summed E-state index contributed by atoms with van der Waals surface area (Å²) in [4.78, 5) is 21.6. The highest BCUT2D eigenvalue weighted by atomic mass is 15.0. The molecule has 0 atom stereocenters. The Morgan fingerprint density at radius 1 is 1.05 bits per heavy atom. The van der Waals surface area contributed by atoms with Gasteiger partial charge in [-0.3, -0.25) is 9.98 Å². The molecule has 3 heterocycles. The molecular weight excluding hydrogens is 274 g/mol. The standard InChI is InChI=1S/C15H13N5.C2H6/c1-11-18-14(12-5-2-3-7-16-9-12)20-15(19-11)13-6-4-8-17-10-13;1-2/h2-4,6-10H,5H2,1H3;1-2H3. The van der Waals surface area contributed by atoms with E-state index in [0.29, 0.717) is 17.5 Å². The van der Waals surface area contributed by atoms with Crippen molar-refractivity contribution in [2.75, 3.05) is 0 Å². The minimum absolute atomic E-state index is 0.638. The molecule has 0 N–H and O–H groups in total. The number of hydrogen-bond acceptors (Lipinski definition) is 5. The number of aliphatic imine (C=N–C) groups is 1. The Labute approximate surface area is 130 Å². The van der Waals surface area contributed by atoms with Crippen molar-refractivity contribution in [2.24, 2.45) is 4.99 Å². The van der Waals surface area contributed by atoms with E-state index in [4.69, 9.17) is 0 Å². The summed E-state index contributed by atoms with van der Waals surface area (Å²) in [7, 11) is 0. The summed E-state index contributed by atoms with van der Waals surface area (Å²) in [6.45, 7) is 5.86. The molecule has 1 aliphatic rings. The molecule has 0 saturated heterocycles. The summed E-state index contributed by atoms with van der Waals surface area (Å²) >= 11 is 0. The van der Waals surface area contributed by atoms with Crippen molar-refractivity contribution in [3.63, 3.8) is 0 Å². The number of hydrogen-bond donors (Lipinski definition) is 0. The van der Waals surface area contributed by atoms with Gasteiger partial charge in [-0.15, -0.1) is 0 Å². The van der Waals surface area contributed by atoms with Crippen molar-refractivity contribution in [1.82, 2.24) is 19.9 Å². The molecule has 5 heteroatoms. The van der Waals surface area contributed by atoms with Crippen LogP contribution in [-0.4, -0.2) is 26.2 Å². The van der Waals surface area contributed by atoms with Crippen molar-refractivity contribution in [3.8, 4) is 11.4 Å². The molecule has 0 bridgehead atoms. The Bertz CT molecular complexity index is 702. The molecule has 0 aromatic carbocycles. The number of allylic oxidation sites excluding steroid dienone is 3. The molecule has 0 fully saturated rings. The lowest BCUT2D eigenvalue weighted by atomic mass is 10.2. The number of aryl methyl sites for hydroxylation is 1. The second-order valence-corrected chi connectivity index (χ2v) is 4.36. The molecule has 2 aromatic heterocycles. The van der Waals surface area contributed by atoms with Crippen LogP contribution < -0.4 is 0 Å². The maximum atomic E-state index is 4.53. The van der Waals surface area contributed by atoms with Gasteiger partial charge in [0.15, 0.2) is 11.6 Å². The van der Waals surface area contributed by atoms with Crippen molar-refractivity contribution in [1.29, 1.82) is 0 Å². The van der Waals surface area contributed by atoms with Crippen molar-refractivity contribution in [2.45, 2.75) is 27.2 Å². The fraction of sp³-hybridized carbons (Fsp3) is 0.235. The van der Waals surface area contributed by atoms with Crippen LogP contribution in [0.25, 0.3) is 17.0 Å². The van der Waals surface area contributed by atoms with Crippen molar-refractivity contribution in [3.05, 3.63) is 54.5 Å². The van der Waals surface area contributed by atoms with Crippen LogP contribution in [0.4, 0.5) is 0 Å². The molecule has 2 aromatic rings. The molecule has 22 heavy (non-hydrogen) atoms. The molecule has 5 nitrogen and oxygen atoms in total. The molecule has 0 aliphatic carbocycles. The SMILES string of the molecule is CC.Cc1nc(C2=CN=CC=CC2)nc(-c2cccnc2)n1. The van der Waals surface area contributed by atoms with Crippen LogP contribution >= 0.6 is 0 Å². The molecule has 0 saturated carbocycles. The van der Waals surface area contributed by atoms with E-state index >= 15 is 0 Å². The predicted molar refractivity (Wildman–Crippen MR) is 89.4 cm³/mol. The first-order valence-corrected chi connectivity index (χ1v) is 7.34. The molecular formula is C17H19N5. The average Bonchev–Trinajstić information content (AvgIpc) is 2.86. The van der Waals surface area contributed by atoms with Crippen LogP contribution in [0.5, 0.6) is 0 Å². The summed E-state index contributed by atoms with van der Waals surface area (Å²) in [5.74, 6) is 1.99. The molecule has 0 amide bonds. The third-order valence-electron chi connectivity index (χ3n) is 2.83. The smallest absolute Gasteiger partial charge is 0.165 e. The highest BCUT2D eigenvalue weighted by Gasteiger charge is 2.10. The maximum Gasteiger partial charge on any atom is 0.165 e. The van der Waals surface area contributed by atoms with Crippen molar-refractivity contribution < 1.29 is 0 Å². The molecule has 0 spiro atoms. The van der Waals surface area contributed by atoms with E-state index < -0.39 is 0 Å². The summed E-state index contributed by atoms with van der Waals surface area (Å²) < 4.78 is 0. The zero-order valence-electron chi connectivity index (χ0n) is 13.1. The Hall–Kier alpha value is -2.69. The lowest BCUT2D eigenvalue weighted by molar-refractivity contribution is 0.952. The first-order valence-electron chi connectivity index (χ1n) is 7.34. The van der Waals surface area contributed by atoms with E-state index in [1.807, 2.05) is 45.1 Å². The van der Waals surface area contributed by atoms with E-state index in [1.54, 1.807) is 24.8 Å². The summed E-state index contributed by atoms with van der Waals surface area (Å²) in [5.41, 5.74) is 1.86. The third-order valence-corrected chi connectivity index (χ3v) is 2.83. The minimum atomic E-state index is 0.638. The van der Waals surface area contributed by atoms with E-state index in [2.05, 4.69) is 24.9 Å². The van der Waals surface area contributed by atoms with E-state index in [0.717, 1.165) is 17.6 Å². The van der Waals surface area contributed by atoms with Crippen LogP contribution in [0.2, 0.25) is 0 Å². The maximum absolute atomic E-state index is 4.53. The van der Waals surface area contributed by atoms with Gasteiger partial charge in [0.25, 0.3) is 0 Å². The normalized spacial score (nSPS) is 13.0. The van der Waals surface area contributed by atoms with Gasteiger partial charge in [-0.25, -0.2) is 15.0 Å². The highest BCUT2D eigenvalue weighted by molar-refractivity contribution is 5.76. The molecule has 3 rings (SSSR count). The summed E-state index contributed by atoms with van der Waals surface area (Å²) in [5, 5.41) is 0. The van der Waals surface area contributed by atoms with Crippen LogP contribution in [0.3, 0.4) is 0 Å². The number of nitrogens with zero attached hydrogens (tertiary/aromatic N) is 5. The Balaban J connectivity index is 0.000000847. The first kappa shape index (κ1) is 15.7. The fourth-order valence-electron chi connectivity index (χ4n) is 1.89. The van der Waals surface area contributed by atoms with Gasteiger partial charge in [-0.05, 0) is 31.6 Å². The zero-order chi connectivity index (χ0) is 15.8. The highest BCUT2D eigenvalue weighted by Crippen LogP contribution is 2.20. The van der Waals surface area contributed by atoms with Gasteiger partial charge in [-0.2, -0.15) is 0 Å². The Kier molecular flexibility index (Phi) is 5.65. The third kappa shape index (κ3) is 3.91. The fourth-order valence-corrected chi connectivity index (χ4v) is 1.89. The van der Waals surface area contributed by atoms with Gasteiger partial charge in [-0.1, -0.05) is 19.9 Å². The van der Waals surface area contributed by atoms with Crippen molar-refractivity contribution >= 4 is 11.8 Å². The van der Waals surface area contributed by atoms with Gasteiger partial charge >= 0.3 is 0 Å². The number of rotatable bonds is 2. The molecule has 0 radical (unpaired) electrons. The van der Waals surface area contributed by atoms with Gasteiger partial charge in [0.05, 0.1) is 0 Å². The first-order chi connectivity index (χ1) is 10.8. The second-order valence-electron chi connectivity index (χ2n) is 4.36. The van der Waals surface area contributed by atoms with Crippen LogP contribution in [0.15, 0.2) is 47.9 Å². The van der Waals surface area contributed by atoms with Crippen LogP contribution in [0.1, 0.15) is 31.9 Å². The zero-order valence-corrected chi connectivity index (χ0v) is 13.1. The Morgan fingerprint density at radius 2 is 1.86 bits per heavy atom. The largest absolute Gasteiger partial charge is 0.264 e. The minimum Gasteiger partial charge on any atom is -0.264 e. The Morgan fingerprint density at radius 3 is 2.64 bits per heavy atom. The van der Waals surface area contributed by atoms with Gasteiger partial charge in [0, 0.05) is 35.9 Å². The molecule has 112 valence electrons.